The molecule has 2 N–H and O–H groups in total. The van der Waals surface area contributed by atoms with Gasteiger partial charge in [0.15, 0.2) is 11.5 Å². The summed E-state index contributed by atoms with van der Waals surface area (Å²) in [6.07, 6.45) is 2.89. The fourth-order valence-corrected chi connectivity index (χ4v) is 3.04. The Morgan fingerprint density at radius 3 is 2.62 bits per heavy atom. The number of rotatable bonds is 11. The highest BCUT2D eigenvalue weighted by molar-refractivity contribution is 6.35. The Bertz CT molecular complexity index is 695. The molecule has 142 valence electrons. The molecule has 6 heteroatoms. The van der Waals surface area contributed by atoms with Crippen LogP contribution in [0.5, 0.6) is 11.5 Å². The van der Waals surface area contributed by atoms with Crippen molar-refractivity contribution in [3.63, 3.8) is 0 Å². The number of aliphatic hydroxyl groups excluding tert-OH is 1. The Labute approximate surface area is 165 Å². The molecule has 2 aromatic carbocycles. The van der Waals surface area contributed by atoms with Crippen LogP contribution in [-0.2, 0) is 13.2 Å². The molecule has 0 amide bonds. The third-order valence-corrected chi connectivity index (χ3v) is 4.58. The molecule has 0 saturated carbocycles. The Morgan fingerprint density at radius 1 is 1.04 bits per heavy atom. The van der Waals surface area contributed by atoms with Crippen molar-refractivity contribution in [1.29, 1.82) is 0 Å². The topological polar surface area (TPSA) is 50.7 Å². The molecule has 0 atom stereocenters. The van der Waals surface area contributed by atoms with Crippen LogP contribution in [0.2, 0.25) is 10.0 Å². The van der Waals surface area contributed by atoms with Gasteiger partial charge in [0.1, 0.15) is 6.61 Å². The molecule has 0 aliphatic heterocycles. The van der Waals surface area contributed by atoms with Crippen LogP contribution >= 0.6 is 23.2 Å². The zero-order valence-electron chi connectivity index (χ0n) is 14.9. The van der Waals surface area contributed by atoms with Gasteiger partial charge < -0.3 is 19.9 Å². The summed E-state index contributed by atoms with van der Waals surface area (Å²) < 4.78 is 11.5. The number of hydrogen-bond donors (Lipinski definition) is 2. The van der Waals surface area contributed by atoms with Crippen molar-refractivity contribution in [3.8, 4) is 11.5 Å². The van der Waals surface area contributed by atoms with Gasteiger partial charge in [-0.25, -0.2) is 0 Å². The van der Waals surface area contributed by atoms with Crippen LogP contribution < -0.4 is 14.8 Å². The average Bonchev–Trinajstić information content (AvgIpc) is 2.64. The lowest BCUT2D eigenvalue weighted by Crippen LogP contribution is -2.16. The van der Waals surface area contributed by atoms with Crippen molar-refractivity contribution in [1.82, 2.24) is 5.32 Å². The normalized spacial score (nSPS) is 10.8. The van der Waals surface area contributed by atoms with E-state index in [9.17, 15) is 0 Å². The zero-order valence-corrected chi connectivity index (χ0v) is 16.4. The van der Waals surface area contributed by atoms with Gasteiger partial charge in [0.2, 0.25) is 0 Å². The third-order valence-electron chi connectivity index (χ3n) is 3.99. The minimum absolute atomic E-state index is 0.251. The number of methoxy groups -OCH3 is 1. The van der Waals surface area contributed by atoms with Crippen molar-refractivity contribution >= 4 is 23.2 Å². The minimum Gasteiger partial charge on any atom is -0.493 e. The first-order valence-electron chi connectivity index (χ1n) is 8.70. The van der Waals surface area contributed by atoms with Gasteiger partial charge >= 0.3 is 0 Å². The fourth-order valence-electron chi connectivity index (χ4n) is 2.58. The van der Waals surface area contributed by atoms with E-state index in [-0.39, 0.29) is 6.61 Å². The monoisotopic (exact) mass is 397 g/mol. The van der Waals surface area contributed by atoms with E-state index in [4.69, 9.17) is 37.8 Å². The van der Waals surface area contributed by atoms with Crippen molar-refractivity contribution < 1.29 is 14.6 Å². The maximum atomic E-state index is 8.81. The average molecular weight is 398 g/mol. The predicted molar refractivity (Wildman–Crippen MR) is 106 cm³/mol. The summed E-state index contributed by atoms with van der Waals surface area (Å²) in [4.78, 5) is 0. The van der Waals surface area contributed by atoms with Gasteiger partial charge in [-0.05, 0) is 44.0 Å². The van der Waals surface area contributed by atoms with Gasteiger partial charge in [-0.15, -0.1) is 0 Å². The smallest absolute Gasteiger partial charge is 0.166 e. The highest BCUT2D eigenvalue weighted by Crippen LogP contribution is 2.32. The lowest BCUT2D eigenvalue weighted by atomic mass is 10.1. The Morgan fingerprint density at radius 2 is 1.88 bits per heavy atom. The first-order valence-corrected chi connectivity index (χ1v) is 9.45. The number of hydrogen-bond acceptors (Lipinski definition) is 4. The van der Waals surface area contributed by atoms with E-state index >= 15 is 0 Å². The zero-order chi connectivity index (χ0) is 18.8. The van der Waals surface area contributed by atoms with E-state index in [0.29, 0.717) is 34.7 Å². The van der Waals surface area contributed by atoms with E-state index in [1.165, 1.54) is 0 Å². The third kappa shape index (κ3) is 6.36. The molecule has 0 bridgehead atoms. The summed E-state index contributed by atoms with van der Waals surface area (Å²) in [5.41, 5.74) is 1.89. The van der Waals surface area contributed by atoms with Crippen LogP contribution in [0.3, 0.4) is 0 Å². The van der Waals surface area contributed by atoms with Crippen LogP contribution in [0.1, 0.15) is 30.4 Å². The second kappa shape index (κ2) is 11.3. The molecule has 0 heterocycles. The van der Waals surface area contributed by atoms with Gasteiger partial charge in [0.05, 0.1) is 7.11 Å². The first-order chi connectivity index (χ1) is 12.7. The molecule has 4 nitrogen and oxygen atoms in total. The molecule has 0 spiro atoms. The van der Waals surface area contributed by atoms with Crippen LogP contribution in [0, 0.1) is 0 Å². The first kappa shape index (κ1) is 20.8. The van der Waals surface area contributed by atoms with Gasteiger partial charge in [-0.2, -0.15) is 0 Å². The molecule has 0 aliphatic carbocycles. The van der Waals surface area contributed by atoms with Crippen LogP contribution in [0.25, 0.3) is 0 Å². The molecule has 0 unspecified atom stereocenters. The molecular formula is C20H25Cl2NO3. The summed E-state index contributed by atoms with van der Waals surface area (Å²) in [5.74, 6) is 1.40. The van der Waals surface area contributed by atoms with Gasteiger partial charge in [-0.1, -0.05) is 41.4 Å². The van der Waals surface area contributed by atoms with Gasteiger partial charge in [-0.3, -0.25) is 0 Å². The van der Waals surface area contributed by atoms with Gasteiger partial charge in [0.25, 0.3) is 0 Å². The standard InChI is InChI=1S/C20H25Cl2NO3/c1-25-19-7-5-6-15(13-23-10-3-2-4-11-24)20(19)26-14-16-8-9-17(21)12-18(16)22/h5-9,12,23-24H,2-4,10-11,13-14H2,1H3. The number of ether oxygens (including phenoxy) is 2. The number of unbranched alkanes of at least 4 members (excludes halogenated alkanes) is 2. The molecule has 0 fully saturated rings. The quantitative estimate of drug-likeness (QED) is 0.532. The number of nitrogens with one attached hydrogen (secondary N) is 1. The Balaban J connectivity index is 2.01. The molecule has 26 heavy (non-hydrogen) atoms. The maximum Gasteiger partial charge on any atom is 0.166 e. The largest absolute Gasteiger partial charge is 0.493 e. The predicted octanol–water partition coefficient (Wildman–Crippen LogP) is 4.83. The summed E-state index contributed by atoms with van der Waals surface area (Å²) in [6.45, 7) is 2.15. The summed E-state index contributed by atoms with van der Waals surface area (Å²) in [7, 11) is 1.63. The Hall–Kier alpha value is -1.46. The summed E-state index contributed by atoms with van der Waals surface area (Å²) in [6, 6.07) is 11.2. The number of aliphatic hydroxyl groups is 1. The molecule has 0 aliphatic rings. The van der Waals surface area contributed by atoms with Crippen LogP contribution in [0.4, 0.5) is 0 Å². The number of para-hydroxylation sites is 1. The van der Waals surface area contributed by atoms with E-state index in [2.05, 4.69) is 5.32 Å². The van der Waals surface area contributed by atoms with E-state index in [1.54, 1.807) is 19.2 Å². The second-order valence-electron chi connectivity index (χ2n) is 5.93. The molecule has 2 aromatic rings. The summed E-state index contributed by atoms with van der Waals surface area (Å²) in [5, 5.41) is 13.4. The highest BCUT2D eigenvalue weighted by atomic mass is 35.5. The van der Waals surface area contributed by atoms with Crippen molar-refractivity contribution in [3.05, 3.63) is 57.6 Å². The van der Waals surface area contributed by atoms with Crippen LogP contribution in [0.15, 0.2) is 36.4 Å². The lowest BCUT2D eigenvalue weighted by Gasteiger charge is -2.16. The Kier molecular flexibility index (Phi) is 9.06. The number of benzene rings is 2. The molecule has 0 radical (unpaired) electrons. The lowest BCUT2D eigenvalue weighted by molar-refractivity contribution is 0.280. The molecule has 0 saturated heterocycles. The summed E-state index contributed by atoms with van der Waals surface area (Å²) >= 11 is 12.2. The number of halogens is 2. The minimum atomic E-state index is 0.251. The van der Waals surface area contributed by atoms with Gasteiger partial charge in [0, 0.05) is 34.3 Å². The molecule has 0 aromatic heterocycles. The molecule has 2 rings (SSSR count). The fraction of sp³-hybridized carbons (Fsp3) is 0.400. The van der Waals surface area contributed by atoms with Crippen molar-refractivity contribution in [2.45, 2.75) is 32.4 Å². The second-order valence-corrected chi connectivity index (χ2v) is 6.78. The van der Waals surface area contributed by atoms with E-state index in [1.807, 2.05) is 24.3 Å². The molecular weight excluding hydrogens is 373 g/mol. The van der Waals surface area contributed by atoms with Crippen molar-refractivity contribution in [2.75, 3.05) is 20.3 Å². The van der Waals surface area contributed by atoms with E-state index < -0.39 is 0 Å². The van der Waals surface area contributed by atoms with E-state index in [0.717, 1.165) is 36.9 Å². The SMILES string of the molecule is COc1cccc(CNCCCCCO)c1OCc1ccc(Cl)cc1Cl. The highest BCUT2D eigenvalue weighted by Gasteiger charge is 2.12. The van der Waals surface area contributed by atoms with Crippen LogP contribution in [-0.4, -0.2) is 25.4 Å². The maximum absolute atomic E-state index is 8.81. The van der Waals surface area contributed by atoms with Crippen molar-refractivity contribution in [2.24, 2.45) is 0 Å².